The molecule has 0 spiro atoms. The van der Waals surface area contributed by atoms with Gasteiger partial charge in [-0.1, -0.05) is 12.1 Å². The third-order valence-corrected chi connectivity index (χ3v) is 4.48. The van der Waals surface area contributed by atoms with Gasteiger partial charge in [0.15, 0.2) is 5.78 Å². The van der Waals surface area contributed by atoms with Gasteiger partial charge in [0.05, 0.1) is 23.5 Å². The second kappa shape index (κ2) is 6.88. The minimum absolute atomic E-state index is 0.245. The first kappa shape index (κ1) is 19.2. The van der Waals surface area contributed by atoms with E-state index in [1.54, 1.807) is 23.9 Å². The summed E-state index contributed by atoms with van der Waals surface area (Å²) in [5.74, 6) is -0.459. The Bertz CT molecular complexity index is 1050. The highest BCUT2D eigenvalue weighted by Gasteiger charge is 2.33. The van der Waals surface area contributed by atoms with E-state index < -0.39 is 29.6 Å². The molecule has 1 aliphatic rings. The van der Waals surface area contributed by atoms with Crippen LogP contribution >= 0.6 is 0 Å². The van der Waals surface area contributed by atoms with Crippen LogP contribution in [0.25, 0.3) is 0 Å². The Balaban J connectivity index is 2.00. The molecule has 0 saturated heterocycles. The van der Waals surface area contributed by atoms with Gasteiger partial charge in [-0.2, -0.15) is 18.4 Å². The predicted molar refractivity (Wildman–Crippen MR) is 96.6 cm³/mol. The van der Waals surface area contributed by atoms with Gasteiger partial charge in [-0.3, -0.25) is 9.59 Å². The summed E-state index contributed by atoms with van der Waals surface area (Å²) in [5.41, 5.74) is -0.507. The molecule has 3 rings (SSSR count). The minimum atomic E-state index is -4.65. The van der Waals surface area contributed by atoms with Gasteiger partial charge < -0.3 is 14.4 Å². The Labute approximate surface area is 158 Å². The van der Waals surface area contributed by atoms with E-state index in [2.05, 4.69) is 0 Å². The topological polar surface area (TPSA) is 69.3 Å². The van der Waals surface area contributed by atoms with Crippen molar-refractivity contribution >= 4 is 17.2 Å². The van der Waals surface area contributed by atoms with Crippen molar-refractivity contribution in [2.75, 3.05) is 23.9 Å². The lowest BCUT2D eigenvalue weighted by atomic mass is 10.1. The molecule has 144 valence electrons. The first-order chi connectivity index (χ1) is 13.1. The van der Waals surface area contributed by atoms with Crippen molar-refractivity contribution in [3.63, 3.8) is 0 Å². The number of hydrogen-bond acceptors (Lipinski definition) is 5. The van der Waals surface area contributed by atoms with E-state index in [4.69, 9.17) is 0 Å². The number of allylic oxidation sites excluding steroid dienone is 1. The Hall–Kier alpha value is -3.54. The van der Waals surface area contributed by atoms with Gasteiger partial charge in [-0.15, -0.1) is 0 Å². The maximum absolute atomic E-state index is 12.9. The third-order valence-electron chi connectivity index (χ3n) is 4.48. The lowest BCUT2D eigenvalue weighted by Gasteiger charge is -2.20. The molecule has 2 aromatic rings. The van der Waals surface area contributed by atoms with Crippen LogP contribution in [-0.2, 0) is 17.5 Å². The van der Waals surface area contributed by atoms with E-state index in [-0.39, 0.29) is 5.57 Å². The van der Waals surface area contributed by atoms with Crippen LogP contribution in [-0.4, -0.2) is 24.4 Å². The third kappa shape index (κ3) is 3.24. The number of nitriles is 1. The summed E-state index contributed by atoms with van der Waals surface area (Å²) >= 11 is 0. The van der Waals surface area contributed by atoms with E-state index in [0.29, 0.717) is 22.7 Å². The number of halogens is 3. The summed E-state index contributed by atoms with van der Waals surface area (Å²) < 4.78 is 39.3. The van der Waals surface area contributed by atoms with Crippen molar-refractivity contribution in [3.05, 3.63) is 69.9 Å². The number of carbonyl (C=O) groups is 1. The highest BCUT2D eigenvalue weighted by molar-refractivity contribution is 6.02. The molecule has 2 heterocycles. The van der Waals surface area contributed by atoms with E-state index in [1.807, 2.05) is 30.3 Å². The van der Waals surface area contributed by atoms with Crippen LogP contribution in [0.5, 0.6) is 0 Å². The zero-order valence-electron chi connectivity index (χ0n) is 15.0. The number of carbonyl (C=O) groups excluding carboxylic acids is 1. The summed E-state index contributed by atoms with van der Waals surface area (Å²) in [6.45, 7) is -0.673. The standard InChI is InChI=1S/C19H15F3N4O2/c1-24-14-5-3-4-6-15(14)25(2)18(24)13(9-23)16(27)11-26-10-12(19(20,21)22)7-8-17(26)28/h3-8,10H,11H2,1-2H3. The molecule has 0 amide bonds. The molecular weight excluding hydrogens is 373 g/mol. The second-order valence-electron chi connectivity index (χ2n) is 6.22. The molecule has 1 aromatic heterocycles. The highest BCUT2D eigenvalue weighted by atomic mass is 19.4. The number of hydrogen-bond donors (Lipinski definition) is 0. The Kier molecular flexibility index (Phi) is 4.73. The number of nitrogens with zero attached hydrogens (tertiary/aromatic N) is 4. The molecule has 0 bridgehead atoms. The number of alkyl halides is 3. The average Bonchev–Trinajstić information content (AvgIpc) is 2.89. The summed E-state index contributed by atoms with van der Waals surface area (Å²) in [5, 5.41) is 9.55. The number of benzene rings is 1. The molecular formula is C19H15F3N4O2. The minimum Gasteiger partial charge on any atom is -0.328 e. The molecule has 0 atom stereocenters. The van der Waals surface area contributed by atoms with Crippen molar-refractivity contribution in [1.29, 1.82) is 5.26 Å². The fraction of sp³-hybridized carbons (Fsp3) is 0.211. The molecule has 0 unspecified atom stereocenters. The van der Waals surface area contributed by atoms with Gasteiger partial charge in [-0.05, 0) is 18.2 Å². The number of Topliss-reactive ketones (excluding diaryl/α,β-unsaturated/α-hetero) is 1. The molecule has 6 nitrogen and oxygen atoms in total. The normalized spacial score (nSPS) is 13.4. The van der Waals surface area contributed by atoms with Crippen molar-refractivity contribution in [2.24, 2.45) is 0 Å². The van der Waals surface area contributed by atoms with Crippen molar-refractivity contribution in [3.8, 4) is 6.07 Å². The number of rotatable bonds is 3. The lowest BCUT2D eigenvalue weighted by molar-refractivity contribution is -0.138. The van der Waals surface area contributed by atoms with E-state index in [1.165, 1.54) is 0 Å². The van der Waals surface area contributed by atoms with Gasteiger partial charge in [0.25, 0.3) is 5.56 Å². The molecule has 1 aliphatic heterocycles. The largest absolute Gasteiger partial charge is 0.417 e. The van der Waals surface area contributed by atoms with Crippen molar-refractivity contribution in [1.82, 2.24) is 4.57 Å². The maximum Gasteiger partial charge on any atom is 0.417 e. The quantitative estimate of drug-likeness (QED) is 0.597. The fourth-order valence-corrected chi connectivity index (χ4v) is 3.11. The van der Waals surface area contributed by atoms with Gasteiger partial charge in [0, 0.05) is 26.4 Å². The second-order valence-corrected chi connectivity index (χ2v) is 6.22. The first-order valence-corrected chi connectivity index (χ1v) is 8.17. The van der Waals surface area contributed by atoms with Crippen LogP contribution in [0, 0.1) is 11.3 Å². The number of aromatic nitrogens is 1. The monoisotopic (exact) mass is 388 g/mol. The Morgan fingerprint density at radius 1 is 1.07 bits per heavy atom. The van der Waals surface area contributed by atoms with E-state index >= 15 is 0 Å². The molecule has 0 radical (unpaired) electrons. The molecule has 0 fully saturated rings. The van der Waals surface area contributed by atoms with Gasteiger partial charge in [0.1, 0.15) is 17.5 Å². The molecule has 1 aromatic carbocycles. The summed E-state index contributed by atoms with van der Waals surface area (Å²) in [4.78, 5) is 27.9. The zero-order chi connectivity index (χ0) is 20.6. The Morgan fingerprint density at radius 3 is 2.14 bits per heavy atom. The van der Waals surface area contributed by atoms with Crippen LogP contribution in [0.2, 0.25) is 0 Å². The molecule has 0 aliphatic carbocycles. The number of anilines is 2. The highest BCUT2D eigenvalue weighted by Crippen LogP contribution is 2.40. The van der Waals surface area contributed by atoms with Crippen LogP contribution in [0.1, 0.15) is 5.56 Å². The smallest absolute Gasteiger partial charge is 0.328 e. The van der Waals surface area contributed by atoms with Crippen LogP contribution < -0.4 is 15.4 Å². The van der Waals surface area contributed by atoms with E-state index in [0.717, 1.165) is 17.4 Å². The fourth-order valence-electron chi connectivity index (χ4n) is 3.11. The van der Waals surface area contributed by atoms with Crippen molar-refractivity contribution < 1.29 is 18.0 Å². The summed E-state index contributed by atoms with van der Waals surface area (Å²) in [6.07, 6.45) is -4.07. The molecule has 0 N–H and O–H groups in total. The predicted octanol–water partition coefficient (Wildman–Crippen LogP) is 2.76. The molecule has 0 saturated carbocycles. The van der Waals surface area contributed by atoms with Gasteiger partial charge in [0.2, 0.25) is 0 Å². The molecule has 9 heteroatoms. The van der Waals surface area contributed by atoms with Gasteiger partial charge in [-0.25, -0.2) is 0 Å². The van der Waals surface area contributed by atoms with Crippen molar-refractivity contribution in [2.45, 2.75) is 12.7 Å². The number of pyridine rings is 1. The van der Waals surface area contributed by atoms with E-state index in [9.17, 15) is 28.0 Å². The number of para-hydroxylation sites is 2. The van der Waals surface area contributed by atoms with Crippen LogP contribution in [0.4, 0.5) is 24.5 Å². The molecule has 28 heavy (non-hydrogen) atoms. The SMILES string of the molecule is CN1C(=C(C#N)C(=O)Cn2cc(C(F)(F)F)ccc2=O)N(C)c2ccccc21. The maximum atomic E-state index is 12.9. The summed E-state index contributed by atoms with van der Waals surface area (Å²) in [7, 11) is 3.36. The first-order valence-electron chi connectivity index (χ1n) is 8.17. The zero-order valence-corrected chi connectivity index (χ0v) is 15.0. The van der Waals surface area contributed by atoms with Crippen LogP contribution in [0.3, 0.4) is 0 Å². The average molecular weight is 388 g/mol. The number of ketones is 1. The van der Waals surface area contributed by atoms with Crippen LogP contribution in [0.15, 0.2) is 58.8 Å². The number of fused-ring (bicyclic) bond motifs is 1. The van der Waals surface area contributed by atoms with Gasteiger partial charge >= 0.3 is 6.18 Å². The lowest BCUT2D eigenvalue weighted by Crippen LogP contribution is -2.30. The summed E-state index contributed by atoms with van der Waals surface area (Å²) in [6, 6.07) is 10.5. The Morgan fingerprint density at radius 2 is 1.64 bits per heavy atom.